The van der Waals surface area contributed by atoms with Gasteiger partial charge in [-0.05, 0) is 25.3 Å². The lowest BCUT2D eigenvalue weighted by atomic mass is 9.84. The van der Waals surface area contributed by atoms with Gasteiger partial charge in [-0.2, -0.15) is 0 Å². The van der Waals surface area contributed by atoms with Gasteiger partial charge in [-0.15, -0.1) is 0 Å². The Balaban J connectivity index is 0.000001000. The highest BCUT2D eigenvalue weighted by atomic mass is 15.4. The average molecular weight is 142 g/mol. The van der Waals surface area contributed by atoms with Crippen molar-refractivity contribution in [3.8, 4) is 0 Å². The first-order chi connectivity index (χ1) is 4.57. The fourth-order valence-corrected chi connectivity index (χ4v) is 1.14. The summed E-state index contributed by atoms with van der Waals surface area (Å²) in [6.45, 7) is 8.80. The zero-order chi connectivity index (χ0) is 7.78. The molecule has 60 valence electrons. The minimum absolute atomic E-state index is 0. The second-order valence-electron chi connectivity index (χ2n) is 3.45. The number of nitrogens with one attached hydrogen (secondary N) is 2. The predicted molar refractivity (Wildman–Crippen MR) is 45.4 cm³/mol. The standard InChI is InChI=1S/C8H16N2.H2/c1-6(2)8(4)7(3)5-9-10-8;/h5-6,9-10H,1-4H3;1H. The van der Waals surface area contributed by atoms with E-state index in [1.54, 1.807) is 0 Å². The Morgan fingerprint density at radius 3 is 2.40 bits per heavy atom. The normalized spacial score (nSPS) is 32.3. The third kappa shape index (κ3) is 0.926. The van der Waals surface area contributed by atoms with Crippen LogP contribution in [-0.4, -0.2) is 5.54 Å². The van der Waals surface area contributed by atoms with E-state index in [9.17, 15) is 0 Å². The van der Waals surface area contributed by atoms with Gasteiger partial charge in [-0.25, -0.2) is 5.43 Å². The van der Waals surface area contributed by atoms with Crippen LogP contribution >= 0.6 is 0 Å². The van der Waals surface area contributed by atoms with Crippen molar-refractivity contribution in [2.45, 2.75) is 33.2 Å². The zero-order valence-corrected chi connectivity index (χ0v) is 7.15. The molecule has 2 N–H and O–H groups in total. The molecule has 1 unspecified atom stereocenters. The first kappa shape index (κ1) is 7.61. The fourth-order valence-electron chi connectivity index (χ4n) is 1.14. The van der Waals surface area contributed by atoms with Gasteiger partial charge in [0.1, 0.15) is 0 Å². The van der Waals surface area contributed by atoms with Gasteiger partial charge in [-0.3, -0.25) is 0 Å². The Morgan fingerprint density at radius 2 is 2.20 bits per heavy atom. The van der Waals surface area contributed by atoms with E-state index < -0.39 is 0 Å². The van der Waals surface area contributed by atoms with Crippen LogP contribution in [0.25, 0.3) is 0 Å². The summed E-state index contributed by atoms with van der Waals surface area (Å²) in [5, 5.41) is 0. The minimum atomic E-state index is 0. The van der Waals surface area contributed by atoms with Crippen molar-refractivity contribution in [1.29, 1.82) is 0 Å². The molecule has 0 aromatic heterocycles. The largest absolute Gasteiger partial charge is 0.328 e. The van der Waals surface area contributed by atoms with Crippen LogP contribution in [0, 0.1) is 5.92 Å². The van der Waals surface area contributed by atoms with Crippen molar-refractivity contribution in [3.63, 3.8) is 0 Å². The zero-order valence-electron chi connectivity index (χ0n) is 7.15. The van der Waals surface area contributed by atoms with E-state index in [0.29, 0.717) is 5.92 Å². The molecule has 0 aliphatic carbocycles. The van der Waals surface area contributed by atoms with Crippen molar-refractivity contribution in [2.24, 2.45) is 5.92 Å². The van der Waals surface area contributed by atoms with Crippen molar-refractivity contribution in [1.82, 2.24) is 10.9 Å². The molecule has 0 radical (unpaired) electrons. The molecule has 1 heterocycles. The van der Waals surface area contributed by atoms with Gasteiger partial charge in [0.25, 0.3) is 0 Å². The molecule has 0 spiro atoms. The Labute approximate surface area is 64.2 Å². The molecule has 1 aliphatic rings. The average Bonchev–Trinajstić information content (AvgIpc) is 2.15. The fraction of sp³-hybridized carbons (Fsp3) is 0.750. The lowest BCUT2D eigenvalue weighted by Crippen LogP contribution is -2.47. The van der Waals surface area contributed by atoms with Crippen molar-refractivity contribution in [2.75, 3.05) is 0 Å². The highest BCUT2D eigenvalue weighted by molar-refractivity contribution is 5.20. The second-order valence-corrected chi connectivity index (χ2v) is 3.45. The molecular weight excluding hydrogens is 124 g/mol. The Kier molecular flexibility index (Phi) is 1.73. The van der Waals surface area contributed by atoms with Crippen molar-refractivity contribution >= 4 is 0 Å². The van der Waals surface area contributed by atoms with Crippen LogP contribution in [0.4, 0.5) is 0 Å². The summed E-state index contributed by atoms with van der Waals surface area (Å²) >= 11 is 0. The van der Waals surface area contributed by atoms with Gasteiger partial charge < -0.3 is 5.43 Å². The van der Waals surface area contributed by atoms with Crippen LogP contribution in [-0.2, 0) is 0 Å². The molecule has 0 aromatic carbocycles. The monoisotopic (exact) mass is 142 g/mol. The maximum Gasteiger partial charge on any atom is 0.0588 e. The van der Waals surface area contributed by atoms with Crippen LogP contribution in [0.5, 0.6) is 0 Å². The molecule has 1 rings (SSSR count). The highest BCUT2D eigenvalue weighted by Crippen LogP contribution is 2.26. The van der Waals surface area contributed by atoms with E-state index in [1.807, 2.05) is 6.20 Å². The molecule has 1 atom stereocenters. The first-order valence-corrected chi connectivity index (χ1v) is 3.77. The SMILES string of the molecule is CC1=CNNC1(C)C(C)C.[HH]. The molecule has 0 bridgehead atoms. The van der Waals surface area contributed by atoms with E-state index in [4.69, 9.17) is 0 Å². The summed E-state index contributed by atoms with van der Waals surface area (Å²) in [4.78, 5) is 0. The van der Waals surface area contributed by atoms with Crippen LogP contribution in [0.15, 0.2) is 11.8 Å². The quantitative estimate of drug-likeness (QED) is 0.582. The van der Waals surface area contributed by atoms with Crippen molar-refractivity contribution in [3.05, 3.63) is 11.8 Å². The number of hydrogen-bond donors (Lipinski definition) is 2. The van der Waals surface area contributed by atoms with Gasteiger partial charge in [0.15, 0.2) is 0 Å². The van der Waals surface area contributed by atoms with E-state index >= 15 is 0 Å². The van der Waals surface area contributed by atoms with Gasteiger partial charge in [-0.1, -0.05) is 13.8 Å². The summed E-state index contributed by atoms with van der Waals surface area (Å²) in [7, 11) is 0. The Bertz CT molecular complexity index is 165. The molecule has 0 amide bonds. The van der Waals surface area contributed by atoms with Gasteiger partial charge >= 0.3 is 0 Å². The van der Waals surface area contributed by atoms with Gasteiger partial charge in [0.05, 0.1) is 5.54 Å². The molecule has 0 fully saturated rings. The molecule has 2 heteroatoms. The van der Waals surface area contributed by atoms with E-state index in [1.165, 1.54) is 5.57 Å². The molecule has 2 nitrogen and oxygen atoms in total. The predicted octanol–water partition coefficient (Wildman–Crippen LogP) is 1.66. The molecule has 10 heavy (non-hydrogen) atoms. The lowest BCUT2D eigenvalue weighted by molar-refractivity contribution is 0.315. The number of hydrazine groups is 1. The third-order valence-electron chi connectivity index (χ3n) is 2.59. The number of rotatable bonds is 1. The summed E-state index contributed by atoms with van der Waals surface area (Å²) in [5.74, 6) is 0.624. The minimum Gasteiger partial charge on any atom is -0.328 e. The second kappa shape index (κ2) is 2.27. The Hall–Kier alpha value is -0.500. The van der Waals surface area contributed by atoms with Crippen LogP contribution in [0.1, 0.15) is 29.1 Å². The molecule has 0 saturated heterocycles. The van der Waals surface area contributed by atoms with Crippen LogP contribution in [0.2, 0.25) is 0 Å². The van der Waals surface area contributed by atoms with Crippen LogP contribution in [0.3, 0.4) is 0 Å². The third-order valence-corrected chi connectivity index (χ3v) is 2.59. The first-order valence-electron chi connectivity index (χ1n) is 3.77. The van der Waals surface area contributed by atoms with Gasteiger partial charge in [0.2, 0.25) is 0 Å². The van der Waals surface area contributed by atoms with E-state index in [2.05, 4.69) is 38.5 Å². The highest BCUT2D eigenvalue weighted by Gasteiger charge is 2.32. The summed E-state index contributed by atoms with van der Waals surface area (Å²) in [5.41, 5.74) is 7.80. The molecule has 0 aromatic rings. The van der Waals surface area contributed by atoms with Gasteiger partial charge in [0, 0.05) is 7.63 Å². The maximum atomic E-state index is 3.24. The smallest absolute Gasteiger partial charge is 0.0588 e. The van der Waals surface area contributed by atoms with E-state index in [-0.39, 0.29) is 6.97 Å². The Morgan fingerprint density at radius 1 is 1.60 bits per heavy atom. The summed E-state index contributed by atoms with van der Waals surface area (Å²) in [6, 6.07) is 0. The molecule has 0 saturated carbocycles. The topological polar surface area (TPSA) is 24.1 Å². The molecular formula is C8H18N2. The van der Waals surface area contributed by atoms with E-state index in [0.717, 1.165) is 0 Å². The summed E-state index contributed by atoms with van der Waals surface area (Å²) < 4.78 is 0. The lowest BCUT2D eigenvalue weighted by Gasteiger charge is -2.30. The molecule has 1 aliphatic heterocycles. The summed E-state index contributed by atoms with van der Waals surface area (Å²) in [6.07, 6.45) is 2.03. The van der Waals surface area contributed by atoms with Crippen molar-refractivity contribution < 1.29 is 1.43 Å². The maximum absolute atomic E-state index is 3.24. The van der Waals surface area contributed by atoms with Crippen LogP contribution < -0.4 is 10.9 Å². The number of hydrogen-bond acceptors (Lipinski definition) is 2.